The topological polar surface area (TPSA) is 71.3 Å². The van der Waals surface area contributed by atoms with E-state index >= 15 is 0 Å². The van der Waals surface area contributed by atoms with Crippen molar-refractivity contribution >= 4 is 11.6 Å². The number of hydrogen-bond acceptors (Lipinski definition) is 4. The minimum Gasteiger partial charge on any atom is -0.482 e. The van der Waals surface area contributed by atoms with Crippen LogP contribution in [0.1, 0.15) is 5.56 Å². The number of hydrogen-bond donors (Lipinski definition) is 1. The van der Waals surface area contributed by atoms with Crippen LogP contribution in [0, 0.1) is 11.3 Å². The second-order valence-electron chi connectivity index (χ2n) is 4.35. The highest BCUT2D eigenvalue weighted by Crippen LogP contribution is 2.18. The molecule has 1 N–H and O–H groups in total. The number of rotatable bonds is 6. The molecule has 2 aromatic rings. The van der Waals surface area contributed by atoms with Crippen LogP contribution in [0.5, 0.6) is 11.5 Å². The van der Waals surface area contributed by atoms with E-state index in [-0.39, 0.29) is 12.4 Å². The molecule has 5 nitrogen and oxygen atoms in total. The van der Waals surface area contributed by atoms with Crippen LogP contribution < -0.4 is 14.8 Å². The maximum Gasteiger partial charge on any atom is 0.387 e. The van der Waals surface area contributed by atoms with E-state index in [1.807, 2.05) is 6.07 Å². The van der Waals surface area contributed by atoms with E-state index in [0.717, 1.165) is 0 Å². The summed E-state index contributed by atoms with van der Waals surface area (Å²) in [6, 6.07) is 14.0. The van der Waals surface area contributed by atoms with Crippen molar-refractivity contribution in [2.24, 2.45) is 0 Å². The summed E-state index contributed by atoms with van der Waals surface area (Å²) in [7, 11) is 0. The molecule has 0 spiro atoms. The number of carbonyl (C=O) groups is 1. The van der Waals surface area contributed by atoms with Crippen LogP contribution in [-0.2, 0) is 4.79 Å². The van der Waals surface area contributed by atoms with Crippen LogP contribution in [0.2, 0.25) is 0 Å². The van der Waals surface area contributed by atoms with Gasteiger partial charge in [0.15, 0.2) is 6.61 Å². The summed E-state index contributed by atoms with van der Waals surface area (Å²) in [5.41, 5.74) is 0.739. The molecule has 23 heavy (non-hydrogen) atoms. The quantitative estimate of drug-likeness (QED) is 0.888. The minimum absolute atomic E-state index is 0.00260. The normalized spacial score (nSPS) is 10.0. The molecule has 2 aromatic carbocycles. The van der Waals surface area contributed by atoms with Crippen LogP contribution in [0.4, 0.5) is 14.5 Å². The van der Waals surface area contributed by atoms with Gasteiger partial charge in [-0.1, -0.05) is 12.1 Å². The monoisotopic (exact) mass is 318 g/mol. The average Bonchev–Trinajstić information content (AvgIpc) is 2.54. The zero-order chi connectivity index (χ0) is 16.7. The van der Waals surface area contributed by atoms with Crippen LogP contribution in [0.25, 0.3) is 0 Å². The molecule has 0 aliphatic heterocycles. The van der Waals surface area contributed by atoms with Crippen molar-refractivity contribution in [2.75, 3.05) is 11.9 Å². The van der Waals surface area contributed by atoms with Gasteiger partial charge in [-0.15, -0.1) is 0 Å². The zero-order valence-electron chi connectivity index (χ0n) is 11.8. The first-order chi connectivity index (χ1) is 11.1. The van der Waals surface area contributed by atoms with Crippen LogP contribution in [0.15, 0.2) is 48.5 Å². The number of para-hydroxylation sites is 1. The number of nitrogens with one attached hydrogen (secondary N) is 1. The van der Waals surface area contributed by atoms with Crippen molar-refractivity contribution in [3.63, 3.8) is 0 Å². The summed E-state index contributed by atoms with van der Waals surface area (Å²) in [6.07, 6.45) is 0. The fourth-order valence-corrected chi connectivity index (χ4v) is 1.74. The van der Waals surface area contributed by atoms with Gasteiger partial charge in [0.25, 0.3) is 5.91 Å². The van der Waals surface area contributed by atoms with Gasteiger partial charge in [0, 0.05) is 5.69 Å². The lowest BCUT2D eigenvalue weighted by Gasteiger charge is -2.09. The Balaban J connectivity index is 1.88. The molecule has 0 radical (unpaired) electrons. The number of amides is 1. The number of carbonyl (C=O) groups excluding carboxylic acids is 1. The molecule has 1 amide bonds. The van der Waals surface area contributed by atoms with E-state index in [1.54, 1.807) is 24.3 Å². The maximum atomic E-state index is 12.0. The summed E-state index contributed by atoms with van der Waals surface area (Å²) in [6.45, 7) is -3.18. The van der Waals surface area contributed by atoms with Gasteiger partial charge in [0.1, 0.15) is 17.6 Å². The fourth-order valence-electron chi connectivity index (χ4n) is 1.74. The van der Waals surface area contributed by atoms with E-state index < -0.39 is 12.5 Å². The molecule has 0 atom stereocenters. The number of halogens is 2. The van der Waals surface area contributed by atoms with Crippen molar-refractivity contribution in [1.29, 1.82) is 5.26 Å². The lowest BCUT2D eigenvalue weighted by atomic mass is 10.2. The number of nitrogens with zero attached hydrogens (tertiary/aromatic N) is 1. The Morgan fingerprint density at radius 2 is 1.87 bits per heavy atom. The van der Waals surface area contributed by atoms with Gasteiger partial charge in [0.05, 0.1) is 5.56 Å². The predicted octanol–water partition coefficient (Wildman–Crippen LogP) is 3.18. The van der Waals surface area contributed by atoms with E-state index in [2.05, 4.69) is 10.1 Å². The number of alkyl halides is 2. The van der Waals surface area contributed by atoms with Gasteiger partial charge >= 0.3 is 6.61 Å². The van der Waals surface area contributed by atoms with Crippen LogP contribution in [0.3, 0.4) is 0 Å². The molecule has 0 saturated carbocycles. The van der Waals surface area contributed by atoms with E-state index in [4.69, 9.17) is 10.00 Å². The molecule has 0 aromatic heterocycles. The molecule has 0 saturated heterocycles. The Hall–Kier alpha value is -3.14. The zero-order valence-corrected chi connectivity index (χ0v) is 11.8. The number of nitriles is 1. The highest BCUT2D eigenvalue weighted by molar-refractivity contribution is 5.91. The number of ether oxygens (including phenoxy) is 2. The minimum atomic E-state index is -2.90. The molecule has 0 unspecified atom stereocenters. The first-order valence-corrected chi connectivity index (χ1v) is 6.55. The van der Waals surface area contributed by atoms with Gasteiger partial charge < -0.3 is 14.8 Å². The number of anilines is 1. The lowest BCUT2D eigenvalue weighted by molar-refractivity contribution is -0.118. The van der Waals surface area contributed by atoms with Crippen LogP contribution in [-0.4, -0.2) is 19.1 Å². The smallest absolute Gasteiger partial charge is 0.387 e. The second kappa shape index (κ2) is 7.75. The van der Waals surface area contributed by atoms with Crippen molar-refractivity contribution in [3.8, 4) is 17.6 Å². The van der Waals surface area contributed by atoms with Gasteiger partial charge in [-0.2, -0.15) is 14.0 Å². The van der Waals surface area contributed by atoms with Crippen molar-refractivity contribution in [3.05, 3.63) is 54.1 Å². The van der Waals surface area contributed by atoms with Gasteiger partial charge in [-0.3, -0.25) is 4.79 Å². The SMILES string of the molecule is N#Cc1ccccc1OCC(=O)Nc1ccc(OC(F)F)cc1. The third-order valence-corrected chi connectivity index (χ3v) is 2.73. The summed E-state index contributed by atoms with van der Waals surface area (Å²) in [5, 5.41) is 11.5. The Morgan fingerprint density at radius 1 is 1.17 bits per heavy atom. The first-order valence-electron chi connectivity index (χ1n) is 6.55. The summed E-state index contributed by atoms with van der Waals surface area (Å²) in [4.78, 5) is 11.8. The molecule has 0 fully saturated rings. The lowest BCUT2D eigenvalue weighted by Crippen LogP contribution is -2.20. The largest absolute Gasteiger partial charge is 0.482 e. The molecular weight excluding hydrogens is 306 g/mol. The van der Waals surface area contributed by atoms with Crippen LogP contribution >= 0.6 is 0 Å². The van der Waals surface area contributed by atoms with Crippen molar-refractivity contribution in [2.45, 2.75) is 6.61 Å². The van der Waals surface area contributed by atoms with Gasteiger partial charge in [0.2, 0.25) is 0 Å². The molecule has 118 valence electrons. The summed E-state index contributed by atoms with van der Waals surface area (Å²) in [5.74, 6) is -0.136. The Kier molecular flexibility index (Phi) is 5.47. The Labute approximate surface area is 131 Å². The first kappa shape index (κ1) is 16.2. The average molecular weight is 318 g/mol. The van der Waals surface area contributed by atoms with E-state index in [1.165, 1.54) is 24.3 Å². The van der Waals surface area contributed by atoms with Gasteiger partial charge in [-0.05, 0) is 36.4 Å². The van der Waals surface area contributed by atoms with E-state index in [0.29, 0.717) is 17.0 Å². The highest BCUT2D eigenvalue weighted by atomic mass is 19.3. The third kappa shape index (κ3) is 4.97. The third-order valence-electron chi connectivity index (χ3n) is 2.73. The van der Waals surface area contributed by atoms with Crippen molar-refractivity contribution < 1.29 is 23.0 Å². The summed E-state index contributed by atoms with van der Waals surface area (Å²) < 4.78 is 33.5. The maximum absolute atomic E-state index is 12.0. The Bertz CT molecular complexity index is 712. The standard InChI is InChI=1S/C16H12F2N2O3/c17-16(18)23-13-7-5-12(6-8-13)20-15(21)10-22-14-4-2-1-3-11(14)9-19/h1-8,16H,10H2,(H,20,21). The highest BCUT2D eigenvalue weighted by Gasteiger charge is 2.08. The van der Waals surface area contributed by atoms with Crippen molar-refractivity contribution in [1.82, 2.24) is 0 Å². The second-order valence-corrected chi connectivity index (χ2v) is 4.35. The molecule has 0 aliphatic rings. The summed E-state index contributed by atoms with van der Waals surface area (Å²) >= 11 is 0. The van der Waals surface area contributed by atoms with E-state index in [9.17, 15) is 13.6 Å². The molecule has 0 aliphatic carbocycles. The molecule has 2 rings (SSSR count). The molecular formula is C16H12F2N2O3. The molecule has 0 heterocycles. The number of benzene rings is 2. The molecule has 0 bridgehead atoms. The molecule has 7 heteroatoms. The predicted molar refractivity (Wildman–Crippen MR) is 78.4 cm³/mol. The van der Waals surface area contributed by atoms with Gasteiger partial charge in [-0.25, -0.2) is 0 Å². The Morgan fingerprint density at radius 3 is 2.52 bits per heavy atom. The fraction of sp³-hybridized carbons (Fsp3) is 0.125.